The van der Waals surface area contributed by atoms with Crippen LogP contribution in [0.15, 0.2) is 30.3 Å². The number of rotatable bonds is 4. The Morgan fingerprint density at radius 3 is 2.90 bits per heavy atom. The van der Waals surface area contributed by atoms with Crippen molar-refractivity contribution in [2.24, 2.45) is 0 Å². The number of halogens is 2. The summed E-state index contributed by atoms with van der Waals surface area (Å²) in [7, 11) is 1.62. The summed E-state index contributed by atoms with van der Waals surface area (Å²) in [6, 6.07) is 9.77. The highest BCUT2D eigenvalue weighted by atomic mass is 127. The molecule has 0 saturated carbocycles. The number of hydrogen-bond acceptors (Lipinski definition) is 4. The summed E-state index contributed by atoms with van der Waals surface area (Å²) >= 11 is 8.44. The summed E-state index contributed by atoms with van der Waals surface area (Å²) < 4.78 is 17.2. The zero-order valence-corrected chi connectivity index (χ0v) is 14.2. The van der Waals surface area contributed by atoms with E-state index in [-0.39, 0.29) is 6.79 Å². The van der Waals surface area contributed by atoms with Crippen LogP contribution in [0.3, 0.4) is 0 Å². The van der Waals surface area contributed by atoms with Gasteiger partial charge in [-0.3, -0.25) is 0 Å². The van der Waals surface area contributed by atoms with Gasteiger partial charge in [-0.2, -0.15) is 0 Å². The van der Waals surface area contributed by atoms with Crippen molar-refractivity contribution in [3.05, 3.63) is 44.5 Å². The van der Waals surface area contributed by atoms with Gasteiger partial charge in [0.2, 0.25) is 12.5 Å². The molecule has 0 amide bonds. The maximum Gasteiger partial charge on any atom is 0.231 e. The largest absolute Gasteiger partial charge is 0.493 e. The molecule has 0 radical (unpaired) electrons. The fourth-order valence-electron chi connectivity index (χ4n) is 2.12. The van der Waals surface area contributed by atoms with Crippen molar-refractivity contribution in [1.29, 1.82) is 0 Å². The molecule has 110 valence electrons. The zero-order valence-electron chi connectivity index (χ0n) is 11.3. The average molecular weight is 418 g/mol. The van der Waals surface area contributed by atoms with Crippen molar-refractivity contribution in [3.63, 3.8) is 0 Å². The molecule has 6 heteroatoms. The molecule has 0 aliphatic carbocycles. The van der Waals surface area contributed by atoms with Crippen LogP contribution < -0.4 is 19.5 Å². The summed E-state index contributed by atoms with van der Waals surface area (Å²) in [6.45, 7) is 0.846. The minimum Gasteiger partial charge on any atom is -0.493 e. The van der Waals surface area contributed by atoms with Crippen molar-refractivity contribution >= 4 is 39.9 Å². The number of anilines is 1. The standard InChI is InChI=1S/C15H13ClINO3/c1-19-13-4-9(5-14-15(13)21-8-20-14)7-18-12-3-2-10(17)6-11(12)16/h2-6,18H,7-8H2,1H3. The zero-order chi connectivity index (χ0) is 14.8. The molecule has 0 unspecified atom stereocenters. The summed E-state index contributed by atoms with van der Waals surface area (Å²) in [6.07, 6.45) is 0. The van der Waals surface area contributed by atoms with Crippen LogP contribution in [0.2, 0.25) is 5.02 Å². The second kappa shape index (κ2) is 6.19. The molecule has 0 bridgehead atoms. The molecule has 0 saturated heterocycles. The van der Waals surface area contributed by atoms with Gasteiger partial charge in [0.05, 0.1) is 17.8 Å². The van der Waals surface area contributed by atoms with Gasteiger partial charge in [-0.15, -0.1) is 0 Å². The van der Waals surface area contributed by atoms with Crippen LogP contribution in [-0.4, -0.2) is 13.9 Å². The van der Waals surface area contributed by atoms with E-state index in [1.807, 2.05) is 30.3 Å². The van der Waals surface area contributed by atoms with Crippen molar-refractivity contribution < 1.29 is 14.2 Å². The van der Waals surface area contributed by atoms with Crippen LogP contribution in [0.5, 0.6) is 17.2 Å². The van der Waals surface area contributed by atoms with E-state index in [9.17, 15) is 0 Å². The Hall–Kier alpha value is -1.34. The molecule has 4 nitrogen and oxygen atoms in total. The molecule has 0 atom stereocenters. The molecule has 0 spiro atoms. The van der Waals surface area contributed by atoms with Gasteiger partial charge in [-0.1, -0.05) is 11.6 Å². The third-order valence-corrected chi connectivity index (χ3v) is 4.12. The van der Waals surface area contributed by atoms with Gasteiger partial charge in [-0.05, 0) is 58.5 Å². The molecule has 0 aromatic heterocycles. The van der Waals surface area contributed by atoms with E-state index < -0.39 is 0 Å². The van der Waals surface area contributed by atoms with Crippen LogP contribution >= 0.6 is 34.2 Å². The molecule has 1 aliphatic heterocycles. The van der Waals surface area contributed by atoms with E-state index in [0.29, 0.717) is 28.8 Å². The first kappa shape index (κ1) is 14.6. The maximum absolute atomic E-state index is 6.21. The molecule has 2 aromatic rings. The van der Waals surface area contributed by atoms with E-state index in [2.05, 4.69) is 27.9 Å². The Morgan fingerprint density at radius 1 is 1.29 bits per heavy atom. The highest BCUT2D eigenvalue weighted by Gasteiger charge is 2.19. The predicted octanol–water partition coefficient (Wildman–Crippen LogP) is 4.29. The third kappa shape index (κ3) is 3.13. The summed E-state index contributed by atoms with van der Waals surface area (Å²) in [5.74, 6) is 2.05. The summed E-state index contributed by atoms with van der Waals surface area (Å²) in [4.78, 5) is 0. The smallest absolute Gasteiger partial charge is 0.231 e. The quantitative estimate of drug-likeness (QED) is 0.753. The fourth-order valence-corrected chi connectivity index (χ4v) is 3.04. The SMILES string of the molecule is COc1cc(CNc2ccc(I)cc2Cl)cc2c1OCO2. The lowest BCUT2D eigenvalue weighted by molar-refractivity contribution is 0.171. The predicted molar refractivity (Wildman–Crippen MR) is 90.6 cm³/mol. The second-order valence-electron chi connectivity index (χ2n) is 4.51. The second-order valence-corrected chi connectivity index (χ2v) is 6.16. The van der Waals surface area contributed by atoms with Gasteiger partial charge in [-0.25, -0.2) is 0 Å². The van der Waals surface area contributed by atoms with E-state index in [1.165, 1.54) is 0 Å². The molecular formula is C15H13ClINO3. The van der Waals surface area contributed by atoms with Crippen molar-refractivity contribution in [1.82, 2.24) is 0 Å². The molecule has 0 fully saturated rings. The van der Waals surface area contributed by atoms with Gasteiger partial charge in [0.25, 0.3) is 0 Å². The van der Waals surface area contributed by atoms with Gasteiger partial charge < -0.3 is 19.5 Å². The highest BCUT2D eigenvalue weighted by Crippen LogP contribution is 2.42. The molecule has 21 heavy (non-hydrogen) atoms. The molecule has 1 aliphatic rings. The molecule has 2 aromatic carbocycles. The topological polar surface area (TPSA) is 39.7 Å². The lowest BCUT2D eigenvalue weighted by Crippen LogP contribution is -2.01. The van der Waals surface area contributed by atoms with E-state index in [0.717, 1.165) is 14.8 Å². The first-order valence-corrected chi connectivity index (χ1v) is 7.78. The number of fused-ring (bicyclic) bond motifs is 1. The van der Waals surface area contributed by atoms with E-state index in [1.54, 1.807) is 7.11 Å². The first-order chi connectivity index (χ1) is 10.2. The summed E-state index contributed by atoms with van der Waals surface area (Å²) in [5.41, 5.74) is 1.93. The number of methoxy groups -OCH3 is 1. The van der Waals surface area contributed by atoms with Crippen molar-refractivity contribution in [2.45, 2.75) is 6.54 Å². The Bertz CT molecular complexity index is 678. The van der Waals surface area contributed by atoms with Gasteiger partial charge in [0.15, 0.2) is 11.5 Å². The lowest BCUT2D eigenvalue weighted by Gasteiger charge is -2.11. The van der Waals surface area contributed by atoms with Crippen LogP contribution in [0, 0.1) is 3.57 Å². The molecular weight excluding hydrogens is 405 g/mol. The fraction of sp³-hybridized carbons (Fsp3) is 0.200. The van der Waals surface area contributed by atoms with Gasteiger partial charge in [0.1, 0.15) is 0 Å². The van der Waals surface area contributed by atoms with Crippen molar-refractivity contribution in [3.8, 4) is 17.2 Å². The number of hydrogen-bond donors (Lipinski definition) is 1. The highest BCUT2D eigenvalue weighted by molar-refractivity contribution is 14.1. The Kier molecular flexibility index (Phi) is 4.30. The number of nitrogens with one attached hydrogen (secondary N) is 1. The Labute approximate surface area is 141 Å². The Morgan fingerprint density at radius 2 is 2.14 bits per heavy atom. The van der Waals surface area contributed by atoms with Gasteiger partial charge >= 0.3 is 0 Å². The molecule has 1 heterocycles. The van der Waals surface area contributed by atoms with Crippen LogP contribution in [-0.2, 0) is 6.54 Å². The summed E-state index contributed by atoms with van der Waals surface area (Å²) in [5, 5.41) is 4.02. The molecule has 1 N–H and O–H groups in total. The Balaban J connectivity index is 1.79. The van der Waals surface area contributed by atoms with E-state index >= 15 is 0 Å². The van der Waals surface area contributed by atoms with Crippen LogP contribution in [0.25, 0.3) is 0 Å². The van der Waals surface area contributed by atoms with Crippen LogP contribution in [0.4, 0.5) is 5.69 Å². The van der Waals surface area contributed by atoms with Gasteiger partial charge in [0, 0.05) is 10.1 Å². The number of benzene rings is 2. The monoisotopic (exact) mass is 417 g/mol. The third-order valence-electron chi connectivity index (χ3n) is 3.13. The minimum absolute atomic E-state index is 0.228. The van der Waals surface area contributed by atoms with E-state index in [4.69, 9.17) is 25.8 Å². The average Bonchev–Trinajstić information content (AvgIpc) is 2.93. The minimum atomic E-state index is 0.228. The molecule has 3 rings (SSSR count). The van der Waals surface area contributed by atoms with Crippen molar-refractivity contribution in [2.75, 3.05) is 19.2 Å². The normalized spacial score (nSPS) is 12.3. The van der Waals surface area contributed by atoms with Crippen LogP contribution in [0.1, 0.15) is 5.56 Å². The first-order valence-electron chi connectivity index (χ1n) is 6.33. The maximum atomic E-state index is 6.21. The number of ether oxygens (including phenoxy) is 3. The lowest BCUT2D eigenvalue weighted by atomic mass is 10.1.